The SMILES string of the molecule is Cc1ccc(-c2cccc3c2C=C(CC2CCCCCC2)C3)cc1. The van der Waals surface area contributed by atoms with Crippen LogP contribution in [-0.4, -0.2) is 0 Å². The van der Waals surface area contributed by atoms with E-state index < -0.39 is 0 Å². The van der Waals surface area contributed by atoms with Gasteiger partial charge < -0.3 is 0 Å². The zero-order valence-corrected chi connectivity index (χ0v) is 14.9. The lowest BCUT2D eigenvalue weighted by Gasteiger charge is -2.14. The van der Waals surface area contributed by atoms with Crippen LogP contribution < -0.4 is 0 Å². The fourth-order valence-electron chi connectivity index (χ4n) is 4.49. The van der Waals surface area contributed by atoms with Gasteiger partial charge in [0.2, 0.25) is 0 Å². The van der Waals surface area contributed by atoms with E-state index in [9.17, 15) is 0 Å². The third-order valence-corrected chi connectivity index (χ3v) is 5.85. The van der Waals surface area contributed by atoms with Crippen LogP contribution in [-0.2, 0) is 6.42 Å². The predicted molar refractivity (Wildman–Crippen MR) is 104 cm³/mol. The van der Waals surface area contributed by atoms with Crippen molar-refractivity contribution in [2.75, 3.05) is 0 Å². The maximum absolute atomic E-state index is 2.51. The summed E-state index contributed by atoms with van der Waals surface area (Å²) in [7, 11) is 0. The summed E-state index contributed by atoms with van der Waals surface area (Å²) in [6, 6.07) is 15.8. The van der Waals surface area contributed by atoms with Gasteiger partial charge in [-0.05, 0) is 47.9 Å². The molecule has 0 heteroatoms. The number of benzene rings is 2. The van der Waals surface area contributed by atoms with E-state index in [1.165, 1.54) is 79.2 Å². The Morgan fingerprint density at radius 3 is 2.38 bits per heavy atom. The molecule has 2 aliphatic carbocycles. The second kappa shape index (κ2) is 6.97. The first kappa shape index (κ1) is 15.7. The third kappa shape index (κ3) is 3.34. The van der Waals surface area contributed by atoms with Gasteiger partial charge >= 0.3 is 0 Å². The summed E-state index contributed by atoms with van der Waals surface area (Å²) in [5.74, 6) is 0.927. The highest BCUT2D eigenvalue weighted by Crippen LogP contribution is 2.38. The summed E-state index contributed by atoms with van der Waals surface area (Å²) in [5.41, 5.74) is 8.75. The number of fused-ring (bicyclic) bond motifs is 1. The first-order valence-corrected chi connectivity index (χ1v) is 9.68. The summed E-state index contributed by atoms with van der Waals surface area (Å²) in [5, 5.41) is 0. The van der Waals surface area contributed by atoms with E-state index in [2.05, 4.69) is 55.5 Å². The summed E-state index contributed by atoms with van der Waals surface area (Å²) >= 11 is 0. The molecule has 1 fully saturated rings. The number of hydrogen-bond donors (Lipinski definition) is 0. The molecular formula is C24H28. The fraction of sp³-hybridized carbons (Fsp3) is 0.417. The molecule has 0 aliphatic heterocycles. The van der Waals surface area contributed by atoms with E-state index in [4.69, 9.17) is 0 Å². The highest BCUT2D eigenvalue weighted by atomic mass is 14.2. The van der Waals surface area contributed by atoms with Gasteiger partial charge in [-0.2, -0.15) is 0 Å². The second-order valence-electron chi connectivity index (χ2n) is 7.79. The topological polar surface area (TPSA) is 0 Å². The average Bonchev–Trinajstić information content (AvgIpc) is 2.83. The minimum absolute atomic E-state index is 0.927. The van der Waals surface area contributed by atoms with Crippen molar-refractivity contribution in [3.8, 4) is 11.1 Å². The molecule has 0 bridgehead atoms. The Labute approximate surface area is 146 Å². The molecule has 1 saturated carbocycles. The van der Waals surface area contributed by atoms with Crippen LogP contribution in [0.25, 0.3) is 17.2 Å². The summed E-state index contributed by atoms with van der Waals surface area (Å²) in [6.07, 6.45) is 13.7. The normalized spacial score (nSPS) is 18.1. The van der Waals surface area contributed by atoms with Crippen molar-refractivity contribution in [2.45, 2.75) is 58.3 Å². The van der Waals surface area contributed by atoms with Gasteiger partial charge in [-0.15, -0.1) is 0 Å². The zero-order chi connectivity index (χ0) is 16.4. The first-order valence-electron chi connectivity index (χ1n) is 9.68. The van der Waals surface area contributed by atoms with Crippen molar-refractivity contribution in [3.05, 3.63) is 64.7 Å². The van der Waals surface area contributed by atoms with Gasteiger partial charge in [-0.3, -0.25) is 0 Å². The van der Waals surface area contributed by atoms with Crippen molar-refractivity contribution in [1.29, 1.82) is 0 Å². The van der Waals surface area contributed by atoms with Gasteiger partial charge in [-0.25, -0.2) is 0 Å². The summed E-state index contributed by atoms with van der Waals surface area (Å²) < 4.78 is 0. The molecule has 0 amide bonds. The smallest absolute Gasteiger partial charge is 0.00575 e. The molecule has 124 valence electrons. The van der Waals surface area contributed by atoms with Gasteiger partial charge in [0.25, 0.3) is 0 Å². The van der Waals surface area contributed by atoms with E-state index >= 15 is 0 Å². The molecule has 0 saturated heterocycles. The van der Waals surface area contributed by atoms with E-state index in [0.717, 1.165) is 5.92 Å². The molecule has 2 aromatic carbocycles. The average molecular weight is 316 g/mol. The second-order valence-corrected chi connectivity index (χ2v) is 7.79. The van der Waals surface area contributed by atoms with Crippen LogP contribution in [0.5, 0.6) is 0 Å². The first-order chi connectivity index (χ1) is 11.8. The Bertz CT molecular complexity index is 725. The van der Waals surface area contributed by atoms with E-state index in [1.807, 2.05) is 0 Å². The lowest BCUT2D eigenvalue weighted by atomic mass is 9.92. The van der Waals surface area contributed by atoms with E-state index in [-0.39, 0.29) is 0 Å². The molecule has 0 heterocycles. The molecule has 24 heavy (non-hydrogen) atoms. The number of rotatable bonds is 3. The lowest BCUT2D eigenvalue weighted by Crippen LogP contribution is -2.00. The van der Waals surface area contributed by atoms with E-state index in [1.54, 1.807) is 5.57 Å². The Hall–Kier alpha value is -1.82. The van der Waals surface area contributed by atoms with Gasteiger partial charge in [0, 0.05) is 0 Å². The minimum Gasteiger partial charge on any atom is -0.0649 e. The molecule has 0 nitrogen and oxygen atoms in total. The van der Waals surface area contributed by atoms with Crippen LogP contribution in [0.3, 0.4) is 0 Å². The van der Waals surface area contributed by atoms with Crippen molar-refractivity contribution < 1.29 is 0 Å². The zero-order valence-electron chi connectivity index (χ0n) is 14.9. The standard InChI is InChI=1S/C24H28/c1-18-11-13-21(14-12-18)23-10-6-9-22-16-20(17-24(22)23)15-19-7-4-2-3-5-8-19/h6,9-14,17,19H,2-5,7-8,15-16H2,1H3. The monoisotopic (exact) mass is 316 g/mol. The van der Waals surface area contributed by atoms with Crippen LogP contribution >= 0.6 is 0 Å². The van der Waals surface area contributed by atoms with Crippen molar-refractivity contribution in [3.63, 3.8) is 0 Å². The molecule has 2 aliphatic rings. The fourth-order valence-corrected chi connectivity index (χ4v) is 4.49. The largest absolute Gasteiger partial charge is 0.0649 e. The van der Waals surface area contributed by atoms with Crippen molar-refractivity contribution in [2.24, 2.45) is 5.92 Å². The molecule has 0 unspecified atom stereocenters. The van der Waals surface area contributed by atoms with Gasteiger partial charge in [-0.1, -0.05) is 98.2 Å². The maximum Gasteiger partial charge on any atom is -0.00575 e. The summed E-state index contributed by atoms with van der Waals surface area (Å²) in [4.78, 5) is 0. The lowest BCUT2D eigenvalue weighted by molar-refractivity contribution is 0.455. The Kier molecular flexibility index (Phi) is 4.56. The van der Waals surface area contributed by atoms with E-state index in [0.29, 0.717) is 0 Å². The molecule has 0 spiro atoms. The molecule has 0 atom stereocenters. The van der Waals surface area contributed by atoms with Crippen molar-refractivity contribution in [1.82, 2.24) is 0 Å². The highest BCUT2D eigenvalue weighted by molar-refractivity contribution is 5.80. The molecular weight excluding hydrogens is 288 g/mol. The van der Waals surface area contributed by atoms with Gasteiger partial charge in [0.15, 0.2) is 0 Å². The van der Waals surface area contributed by atoms with Gasteiger partial charge in [0.1, 0.15) is 0 Å². The molecule has 2 aromatic rings. The number of aryl methyl sites for hydroxylation is 1. The molecule has 0 radical (unpaired) electrons. The minimum atomic E-state index is 0.927. The van der Waals surface area contributed by atoms with Crippen LogP contribution in [0, 0.1) is 12.8 Å². The number of allylic oxidation sites excluding steroid dienone is 1. The molecule has 4 rings (SSSR count). The van der Waals surface area contributed by atoms with Crippen LogP contribution in [0.15, 0.2) is 48.0 Å². The van der Waals surface area contributed by atoms with Gasteiger partial charge in [0.05, 0.1) is 0 Å². The Morgan fingerprint density at radius 2 is 1.62 bits per heavy atom. The van der Waals surface area contributed by atoms with Crippen molar-refractivity contribution >= 4 is 6.08 Å². The Balaban J connectivity index is 1.58. The molecule has 0 aromatic heterocycles. The van der Waals surface area contributed by atoms with Crippen LogP contribution in [0.2, 0.25) is 0 Å². The molecule has 0 N–H and O–H groups in total. The Morgan fingerprint density at radius 1 is 0.875 bits per heavy atom. The highest BCUT2D eigenvalue weighted by Gasteiger charge is 2.20. The maximum atomic E-state index is 2.51. The third-order valence-electron chi connectivity index (χ3n) is 5.85. The predicted octanol–water partition coefficient (Wildman–Crippen LogP) is 6.96. The number of hydrogen-bond acceptors (Lipinski definition) is 0. The summed E-state index contributed by atoms with van der Waals surface area (Å²) in [6.45, 7) is 2.16. The van der Waals surface area contributed by atoms with Crippen LogP contribution in [0.4, 0.5) is 0 Å². The van der Waals surface area contributed by atoms with Crippen LogP contribution in [0.1, 0.15) is 61.6 Å². The quantitative estimate of drug-likeness (QED) is 0.537.